The number of para-hydroxylation sites is 1. The first-order valence-corrected chi connectivity index (χ1v) is 13.1. The molecule has 7 nitrogen and oxygen atoms in total. The van der Waals surface area contributed by atoms with Crippen molar-refractivity contribution < 1.29 is 14.3 Å². The summed E-state index contributed by atoms with van der Waals surface area (Å²) in [5.41, 5.74) is 1.81. The number of fused-ring (bicyclic) bond motifs is 1. The zero-order valence-electron chi connectivity index (χ0n) is 21.7. The molecule has 1 spiro atoms. The summed E-state index contributed by atoms with van der Waals surface area (Å²) in [6.07, 6.45) is 6.99. The summed E-state index contributed by atoms with van der Waals surface area (Å²) in [5, 5.41) is 4.33. The molecule has 0 aliphatic carbocycles. The Bertz CT molecular complexity index is 1020. The lowest BCUT2D eigenvalue weighted by Crippen LogP contribution is -2.54. The van der Waals surface area contributed by atoms with Gasteiger partial charge in [0.1, 0.15) is 18.4 Å². The molecule has 1 unspecified atom stereocenters. The first-order chi connectivity index (χ1) is 16.8. The van der Waals surface area contributed by atoms with Crippen molar-refractivity contribution in [3.8, 4) is 5.75 Å². The van der Waals surface area contributed by atoms with E-state index >= 15 is 0 Å². The van der Waals surface area contributed by atoms with Gasteiger partial charge in [0.15, 0.2) is 0 Å². The van der Waals surface area contributed by atoms with E-state index in [0.29, 0.717) is 39.1 Å². The number of amides is 2. The molecular weight excluding hydrogens is 440 g/mol. The smallest absolute Gasteiger partial charge is 0.247 e. The lowest BCUT2D eigenvalue weighted by atomic mass is 9.72. The molecule has 2 aromatic rings. The molecule has 2 aliphatic rings. The van der Waals surface area contributed by atoms with E-state index in [0.717, 1.165) is 37.1 Å². The number of hydrogen-bond acceptors (Lipinski definition) is 4. The average Bonchev–Trinajstić information content (AvgIpc) is 3.29. The van der Waals surface area contributed by atoms with E-state index in [1.54, 1.807) is 10.9 Å². The molecule has 35 heavy (non-hydrogen) atoms. The predicted molar refractivity (Wildman–Crippen MR) is 136 cm³/mol. The molecule has 0 radical (unpaired) electrons. The number of carbonyl (C=O) groups is 2. The Morgan fingerprint density at radius 2 is 1.77 bits per heavy atom. The zero-order valence-corrected chi connectivity index (χ0v) is 21.7. The maximum atomic E-state index is 14.0. The monoisotopic (exact) mass is 480 g/mol. The topological polar surface area (TPSA) is 67.7 Å². The Kier molecular flexibility index (Phi) is 7.82. The molecule has 1 saturated heterocycles. The fourth-order valence-electron chi connectivity index (χ4n) is 5.66. The first-order valence-electron chi connectivity index (χ1n) is 13.1. The molecule has 1 fully saturated rings. The molecule has 2 aliphatic heterocycles. The summed E-state index contributed by atoms with van der Waals surface area (Å²) in [7, 11) is 0. The Hall–Kier alpha value is -2.83. The number of hydrogen-bond donors (Lipinski definition) is 0. The van der Waals surface area contributed by atoms with Crippen LogP contribution in [-0.4, -0.2) is 63.7 Å². The van der Waals surface area contributed by atoms with Crippen LogP contribution in [0.4, 0.5) is 0 Å². The van der Waals surface area contributed by atoms with E-state index in [1.165, 1.54) is 5.56 Å². The number of likely N-dealkylation sites (tertiary alicyclic amines) is 1. The molecule has 2 amide bonds. The second kappa shape index (κ2) is 10.8. The maximum Gasteiger partial charge on any atom is 0.247 e. The molecule has 0 N–H and O–H groups in total. The van der Waals surface area contributed by atoms with Gasteiger partial charge in [-0.25, -0.2) is 0 Å². The third kappa shape index (κ3) is 5.39. The lowest BCUT2D eigenvalue weighted by molar-refractivity contribution is -0.151. The molecular formula is C28H40N4O3. The van der Waals surface area contributed by atoms with Gasteiger partial charge in [0.2, 0.25) is 11.8 Å². The third-order valence-electron chi connectivity index (χ3n) is 7.88. The van der Waals surface area contributed by atoms with Crippen molar-refractivity contribution in [1.82, 2.24) is 19.6 Å². The van der Waals surface area contributed by atoms with Crippen LogP contribution in [0.15, 0.2) is 36.5 Å². The number of nitrogens with zero attached hydrogens (tertiary/aromatic N) is 4. The van der Waals surface area contributed by atoms with Gasteiger partial charge in [0.05, 0.1) is 12.0 Å². The second-order valence-electron chi connectivity index (χ2n) is 10.5. The van der Waals surface area contributed by atoms with Gasteiger partial charge in [0, 0.05) is 31.0 Å². The molecule has 0 saturated carbocycles. The van der Waals surface area contributed by atoms with Crippen molar-refractivity contribution in [3.05, 3.63) is 47.8 Å². The highest BCUT2D eigenvalue weighted by Crippen LogP contribution is 2.40. The number of rotatable bonds is 3. The van der Waals surface area contributed by atoms with Gasteiger partial charge in [-0.05, 0) is 77.5 Å². The molecule has 1 aromatic carbocycles. The molecule has 7 heteroatoms. The van der Waals surface area contributed by atoms with E-state index < -0.39 is 5.41 Å². The van der Waals surface area contributed by atoms with E-state index in [-0.39, 0.29) is 23.9 Å². The second-order valence-corrected chi connectivity index (χ2v) is 10.5. The van der Waals surface area contributed by atoms with Crippen molar-refractivity contribution in [3.63, 3.8) is 0 Å². The summed E-state index contributed by atoms with van der Waals surface area (Å²) in [6, 6.07) is 9.93. The minimum atomic E-state index is -0.412. The highest BCUT2D eigenvalue weighted by molar-refractivity contribution is 5.84. The summed E-state index contributed by atoms with van der Waals surface area (Å²) in [5.74, 6) is 1.25. The third-order valence-corrected chi connectivity index (χ3v) is 7.88. The zero-order chi connectivity index (χ0) is 25.0. The van der Waals surface area contributed by atoms with Crippen LogP contribution in [0.3, 0.4) is 0 Å². The van der Waals surface area contributed by atoms with Crippen molar-refractivity contribution in [2.24, 2.45) is 5.41 Å². The summed E-state index contributed by atoms with van der Waals surface area (Å²) in [4.78, 5) is 31.2. The Morgan fingerprint density at radius 3 is 2.46 bits per heavy atom. The van der Waals surface area contributed by atoms with Crippen LogP contribution in [0, 0.1) is 12.3 Å². The molecule has 190 valence electrons. The van der Waals surface area contributed by atoms with E-state index in [2.05, 4.69) is 31.1 Å². The number of carbonyl (C=O) groups excluding carboxylic acids is 2. The SMILES string of the molecule is Cc1ccnn1C(C)C(=O)N1CCC2(CCCCc3ccccc3OCCN(C(C)C)C2=O)CC1. The quantitative estimate of drug-likeness (QED) is 0.653. The first kappa shape index (κ1) is 25.3. The van der Waals surface area contributed by atoms with Crippen LogP contribution in [0.1, 0.15) is 70.2 Å². The van der Waals surface area contributed by atoms with Crippen LogP contribution >= 0.6 is 0 Å². The van der Waals surface area contributed by atoms with Crippen LogP contribution in [0.25, 0.3) is 0 Å². The Balaban J connectivity index is 1.49. The van der Waals surface area contributed by atoms with Crippen LogP contribution in [-0.2, 0) is 16.0 Å². The minimum absolute atomic E-state index is 0.0815. The van der Waals surface area contributed by atoms with Gasteiger partial charge in [-0.2, -0.15) is 5.10 Å². The largest absolute Gasteiger partial charge is 0.491 e. The van der Waals surface area contributed by atoms with Gasteiger partial charge in [0.25, 0.3) is 0 Å². The number of benzene rings is 1. The summed E-state index contributed by atoms with van der Waals surface area (Å²) in [6.45, 7) is 10.3. The number of piperidine rings is 1. The van der Waals surface area contributed by atoms with Crippen LogP contribution < -0.4 is 4.74 Å². The Labute approximate surface area is 209 Å². The molecule has 0 bridgehead atoms. The highest BCUT2D eigenvalue weighted by Gasteiger charge is 2.45. The van der Waals surface area contributed by atoms with Gasteiger partial charge >= 0.3 is 0 Å². The minimum Gasteiger partial charge on any atom is -0.491 e. The highest BCUT2D eigenvalue weighted by atomic mass is 16.5. The fraction of sp³-hybridized carbons (Fsp3) is 0.607. The van der Waals surface area contributed by atoms with Gasteiger partial charge in [-0.1, -0.05) is 24.6 Å². The van der Waals surface area contributed by atoms with E-state index in [9.17, 15) is 9.59 Å². The van der Waals surface area contributed by atoms with Gasteiger partial charge < -0.3 is 14.5 Å². The standard InChI is InChI=1S/C28H40N4O3/c1-21(2)31-19-20-35-25-11-6-5-9-24(25)10-7-8-13-28(27(31)34)14-17-30(18-15-28)26(33)23(4)32-22(3)12-16-29-32/h5-6,9,11-12,16,21,23H,7-8,10,13-15,17-20H2,1-4H3. The van der Waals surface area contributed by atoms with E-state index in [1.807, 2.05) is 41.8 Å². The maximum absolute atomic E-state index is 14.0. The fourth-order valence-corrected chi connectivity index (χ4v) is 5.66. The van der Waals surface area contributed by atoms with Crippen molar-refractivity contribution in [2.75, 3.05) is 26.2 Å². The van der Waals surface area contributed by atoms with Crippen LogP contribution in [0.2, 0.25) is 0 Å². The Morgan fingerprint density at radius 1 is 1.03 bits per heavy atom. The molecule has 1 aromatic heterocycles. The number of aromatic nitrogens is 2. The van der Waals surface area contributed by atoms with Crippen LogP contribution in [0.5, 0.6) is 5.75 Å². The number of ether oxygens (including phenoxy) is 1. The van der Waals surface area contributed by atoms with Crippen molar-refractivity contribution >= 4 is 11.8 Å². The molecule has 3 heterocycles. The van der Waals surface area contributed by atoms with Gasteiger partial charge in [-0.15, -0.1) is 0 Å². The lowest BCUT2D eigenvalue weighted by Gasteiger charge is -2.45. The molecule has 1 atom stereocenters. The molecule has 4 rings (SSSR count). The van der Waals surface area contributed by atoms with E-state index in [4.69, 9.17) is 4.74 Å². The number of aryl methyl sites for hydroxylation is 2. The predicted octanol–water partition coefficient (Wildman–Crippen LogP) is 4.40. The normalized spacial score (nSPS) is 20.1. The van der Waals surface area contributed by atoms with Crippen molar-refractivity contribution in [2.45, 2.75) is 78.3 Å². The van der Waals surface area contributed by atoms with Crippen molar-refractivity contribution in [1.29, 1.82) is 0 Å². The summed E-state index contributed by atoms with van der Waals surface area (Å²) >= 11 is 0. The average molecular weight is 481 g/mol. The van der Waals surface area contributed by atoms with Gasteiger partial charge in [-0.3, -0.25) is 14.3 Å². The summed E-state index contributed by atoms with van der Waals surface area (Å²) < 4.78 is 7.91.